The maximum Gasteiger partial charge on any atom is 0.121 e. The molecule has 0 unspecified atom stereocenters. The Hall–Kier alpha value is -3.95. The van der Waals surface area contributed by atoms with E-state index in [-0.39, 0.29) is 0 Å². The highest BCUT2D eigenvalue weighted by Crippen LogP contribution is 2.42. The highest BCUT2D eigenvalue weighted by Gasteiger charge is 2.39. The van der Waals surface area contributed by atoms with E-state index in [1.54, 1.807) is 6.20 Å². The van der Waals surface area contributed by atoms with Crippen LogP contribution in [0.4, 0.5) is 0 Å². The number of imidazole rings is 1. The first-order valence-corrected chi connectivity index (χ1v) is 11.5. The molecule has 0 fully saturated rings. The quantitative estimate of drug-likeness (QED) is 0.251. The molecule has 34 heavy (non-hydrogen) atoms. The van der Waals surface area contributed by atoms with Gasteiger partial charge < -0.3 is 4.57 Å². The van der Waals surface area contributed by atoms with Crippen molar-refractivity contribution in [2.24, 2.45) is 0 Å². The van der Waals surface area contributed by atoms with Gasteiger partial charge in [-0.05, 0) is 35.7 Å². The summed E-state index contributed by atoms with van der Waals surface area (Å²) in [6, 6.07) is 35.4. The van der Waals surface area contributed by atoms with Crippen molar-refractivity contribution >= 4 is 17.2 Å². The van der Waals surface area contributed by atoms with Gasteiger partial charge in [-0.1, -0.05) is 109 Å². The van der Waals surface area contributed by atoms with Gasteiger partial charge in [0.25, 0.3) is 0 Å². The average Bonchev–Trinajstić information content (AvgIpc) is 3.28. The lowest BCUT2D eigenvalue weighted by Gasteiger charge is -2.38. The minimum absolute atomic E-state index is 0.593. The molecular weight excluding hydrogens is 438 g/mol. The summed E-state index contributed by atoms with van der Waals surface area (Å²) in [5, 5.41) is 0.593. The molecule has 3 aromatic carbocycles. The fourth-order valence-electron chi connectivity index (χ4n) is 4.67. The highest BCUT2D eigenvalue weighted by molar-refractivity contribution is 6.30. The van der Waals surface area contributed by atoms with Gasteiger partial charge in [-0.25, -0.2) is 4.98 Å². The normalized spacial score (nSPS) is 11.4. The van der Waals surface area contributed by atoms with E-state index >= 15 is 0 Å². The van der Waals surface area contributed by atoms with Gasteiger partial charge in [0, 0.05) is 17.5 Å². The predicted octanol–water partition coefficient (Wildman–Crippen LogP) is 7.14. The molecule has 0 atom stereocenters. The standard InChI is InChI=1S/C30H24ClN3/c1-22(28-19-18-27(31)20-32-28)29-23(2)34(21-33-29)30(24-12-6-3-7-13-24,25-14-8-4-9-15-25)26-16-10-5-11-17-26/h3-21H,1H2,2H3. The zero-order valence-electron chi connectivity index (χ0n) is 18.9. The number of benzene rings is 3. The SMILES string of the molecule is C=C(c1ccc(Cl)cn1)c1ncn(C(c2ccccc2)(c2ccccc2)c2ccccc2)c1C. The molecule has 0 N–H and O–H groups in total. The molecule has 4 heteroatoms. The first-order chi connectivity index (χ1) is 16.6. The zero-order chi connectivity index (χ0) is 23.5. The second-order valence-electron chi connectivity index (χ2n) is 8.20. The summed E-state index contributed by atoms with van der Waals surface area (Å²) in [7, 11) is 0. The molecule has 3 nitrogen and oxygen atoms in total. The molecule has 0 aliphatic carbocycles. The number of pyridine rings is 1. The zero-order valence-corrected chi connectivity index (χ0v) is 19.7. The van der Waals surface area contributed by atoms with Crippen LogP contribution in [0.5, 0.6) is 0 Å². The van der Waals surface area contributed by atoms with Crippen LogP contribution in [0.25, 0.3) is 5.57 Å². The smallest absolute Gasteiger partial charge is 0.121 e. The van der Waals surface area contributed by atoms with E-state index in [0.29, 0.717) is 5.02 Å². The largest absolute Gasteiger partial charge is 0.316 e. The van der Waals surface area contributed by atoms with E-state index in [9.17, 15) is 0 Å². The molecule has 0 bridgehead atoms. The molecule has 0 amide bonds. The first-order valence-electron chi connectivity index (χ1n) is 11.1. The van der Waals surface area contributed by atoms with Crippen LogP contribution >= 0.6 is 11.6 Å². The van der Waals surface area contributed by atoms with Crippen LogP contribution < -0.4 is 0 Å². The van der Waals surface area contributed by atoms with Crippen LogP contribution in [-0.2, 0) is 5.54 Å². The minimum atomic E-state index is -0.618. The average molecular weight is 462 g/mol. The van der Waals surface area contributed by atoms with Crippen molar-refractivity contribution in [1.82, 2.24) is 14.5 Å². The van der Waals surface area contributed by atoms with E-state index in [1.807, 2.05) is 36.7 Å². The fourth-order valence-corrected chi connectivity index (χ4v) is 4.79. The first kappa shape index (κ1) is 21.9. The van der Waals surface area contributed by atoms with Gasteiger partial charge in [0.1, 0.15) is 5.54 Å². The second-order valence-corrected chi connectivity index (χ2v) is 8.63. The van der Waals surface area contributed by atoms with Crippen LogP contribution in [0.15, 0.2) is 122 Å². The van der Waals surface area contributed by atoms with Crippen LogP contribution in [0, 0.1) is 6.92 Å². The summed E-state index contributed by atoms with van der Waals surface area (Å²) in [6.07, 6.45) is 3.55. The second kappa shape index (κ2) is 9.12. The van der Waals surface area contributed by atoms with Crippen molar-refractivity contribution in [3.63, 3.8) is 0 Å². The molecule has 0 spiro atoms. The predicted molar refractivity (Wildman–Crippen MR) is 139 cm³/mol. The summed E-state index contributed by atoms with van der Waals surface area (Å²) in [6.45, 7) is 6.41. The maximum absolute atomic E-state index is 6.05. The number of hydrogen-bond acceptors (Lipinski definition) is 2. The number of nitrogens with zero attached hydrogens (tertiary/aromatic N) is 3. The van der Waals surface area contributed by atoms with Gasteiger partial charge in [-0.15, -0.1) is 0 Å². The Kier molecular flexibility index (Phi) is 5.87. The van der Waals surface area contributed by atoms with Crippen molar-refractivity contribution in [2.75, 3.05) is 0 Å². The van der Waals surface area contributed by atoms with E-state index in [1.165, 1.54) is 0 Å². The van der Waals surface area contributed by atoms with Gasteiger partial charge >= 0.3 is 0 Å². The summed E-state index contributed by atoms with van der Waals surface area (Å²) >= 11 is 6.05. The Morgan fingerprint density at radius 3 is 1.68 bits per heavy atom. The van der Waals surface area contributed by atoms with Crippen molar-refractivity contribution in [2.45, 2.75) is 12.5 Å². The molecule has 0 saturated heterocycles. The van der Waals surface area contributed by atoms with Crippen molar-refractivity contribution < 1.29 is 0 Å². The monoisotopic (exact) mass is 461 g/mol. The van der Waals surface area contributed by atoms with E-state index in [4.69, 9.17) is 16.6 Å². The third kappa shape index (κ3) is 3.64. The molecule has 0 saturated carbocycles. The van der Waals surface area contributed by atoms with Gasteiger partial charge in [-0.2, -0.15) is 0 Å². The lowest BCUT2D eigenvalue weighted by molar-refractivity contribution is 0.503. The van der Waals surface area contributed by atoms with Crippen molar-refractivity contribution in [3.05, 3.63) is 161 Å². The van der Waals surface area contributed by atoms with Gasteiger partial charge in [0.2, 0.25) is 0 Å². The maximum atomic E-state index is 6.05. The molecule has 5 rings (SSSR count). The summed E-state index contributed by atoms with van der Waals surface area (Å²) in [4.78, 5) is 9.31. The molecule has 166 valence electrons. The number of rotatable bonds is 6. The van der Waals surface area contributed by atoms with Crippen molar-refractivity contribution in [3.8, 4) is 0 Å². The Labute approximate surface area is 205 Å². The Morgan fingerprint density at radius 2 is 1.24 bits per heavy atom. The summed E-state index contributed by atoms with van der Waals surface area (Å²) in [5.41, 5.74) is 6.14. The molecule has 0 radical (unpaired) electrons. The number of aromatic nitrogens is 3. The van der Waals surface area contributed by atoms with Crippen LogP contribution in [0.1, 0.15) is 33.8 Å². The highest BCUT2D eigenvalue weighted by atomic mass is 35.5. The fraction of sp³-hybridized carbons (Fsp3) is 0.0667. The minimum Gasteiger partial charge on any atom is -0.316 e. The Bertz CT molecular complexity index is 1310. The summed E-state index contributed by atoms with van der Waals surface area (Å²) < 4.78 is 2.25. The number of halogens is 1. The van der Waals surface area contributed by atoms with Crippen LogP contribution in [0.3, 0.4) is 0 Å². The van der Waals surface area contributed by atoms with Crippen molar-refractivity contribution in [1.29, 1.82) is 0 Å². The lowest BCUT2D eigenvalue weighted by atomic mass is 9.76. The van der Waals surface area contributed by atoms with E-state index in [2.05, 4.69) is 95.9 Å². The molecule has 5 aromatic rings. The van der Waals surface area contributed by atoms with E-state index in [0.717, 1.165) is 39.3 Å². The van der Waals surface area contributed by atoms with Crippen LogP contribution in [-0.4, -0.2) is 14.5 Å². The third-order valence-electron chi connectivity index (χ3n) is 6.26. The van der Waals surface area contributed by atoms with Gasteiger partial charge in [0.15, 0.2) is 0 Å². The molecular formula is C30H24ClN3. The molecule has 2 heterocycles. The van der Waals surface area contributed by atoms with Crippen LogP contribution in [0.2, 0.25) is 5.02 Å². The Morgan fingerprint density at radius 1 is 0.735 bits per heavy atom. The van der Waals surface area contributed by atoms with Gasteiger partial charge in [-0.3, -0.25) is 4.98 Å². The Balaban J connectivity index is 1.79. The molecule has 0 aliphatic rings. The topological polar surface area (TPSA) is 30.7 Å². The lowest BCUT2D eigenvalue weighted by Crippen LogP contribution is -2.38. The van der Waals surface area contributed by atoms with Gasteiger partial charge in [0.05, 0.1) is 22.7 Å². The third-order valence-corrected chi connectivity index (χ3v) is 6.49. The number of hydrogen-bond donors (Lipinski definition) is 0. The molecule has 0 aliphatic heterocycles. The van der Waals surface area contributed by atoms with E-state index < -0.39 is 5.54 Å². The molecule has 2 aromatic heterocycles. The summed E-state index contributed by atoms with van der Waals surface area (Å²) in [5.74, 6) is 0.